The number of hydrogen-bond donors (Lipinski definition) is 2. The summed E-state index contributed by atoms with van der Waals surface area (Å²) >= 11 is 5.73. The lowest BCUT2D eigenvalue weighted by molar-refractivity contribution is 0.308. The number of nitrogens with one attached hydrogen (secondary N) is 2. The van der Waals surface area contributed by atoms with Crippen LogP contribution in [0.5, 0.6) is 0 Å². The van der Waals surface area contributed by atoms with E-state index in [1.54, 1.807) is 6.92 Å². The SMILES string of the molecule is CC(=Nc1ccc(F)c(Cl)c1)c1nonc1NCCCNS(C)(=O)=O. The molecule has 0 amide bonds. The molecule has 0 radical (unpaired) electrons. The standard InChI is InChI=1S/C14H17ClFN5O3S/c1-9(19-10-4-5-12(16)11(15)8-10)13-14(21-24-20-13)17-6-3-7-18-25(2,22)23/h4-5,8,18H,3,6-7H2,1-2H3,(H,17,21). The first-order chi connectivity index (χ1) is 11.8. The van der Waals surface area contributed by atoms with Crippen LogP contribution in [-0.4, -0.2) is 43.8 Å². The van der Waals surface area contributed by atoms with Gasteiger partial charge in [-0.2, -0.15) is 0 Å². The number of nitrogens with zero attached hydrogens (tertiary/aromatic N) is 3. The molecule has 1 aromatic heterocycles. The lowest BCUT2D eigenvalue weighted by Crippen LogP contribution is -2.24. The van der Waals surface area contributed by atoms with Gasteiger partial charge in [-0.3, -0.25) is 4.99 Å². The zero-order valence-electron chi connectivity index (χ0n) is 13.6. The van der Waals surface area contributed by atoms with Crippen molar-refractivity contribution < 1.29 is 17.4 Å². The number of rotatable bonds is 8. The van der Waals surface area contributed by atoms with Crippen molar-refractivity contribution in [3.8, 4) is 0 Å². The molecule has 0 aliphatic rings. The lowest BCUT2D eigenvalue weighted by atomic mass is 10.2. The number of halogens is 2. The van der Waals surface area contributed by atoms with Gasteiger partial charge in [0.15, 0.2) is 11.5 Å². The van der Waals surface area contributed by atoms with Crippen LogP contribution in [0.1, 0.15) is 19.0 Å². The van der Waals surface area contributed by atoms with Crippen LogP contribution in [0, 0.1) is 5.82 Å². The predicted molar refractivity (Wildman–Crippen MR) is 93.5 cm³/mol. The largest absolute Gasteiger partial charge is 0.365 e. The Kier molecular flexibility index (Phi) is 6.45. The molecule has 0 saturated heterocycles. The molecular weight excluding hydrogens is 373 g/mol. The Bertz CT molecular complexity index is 869. The Hall–Kier alpha value is -2.04. The minimum atomic E-state index is -3.20. The predicted octanol–water partition coefficient (Wildman–Crippen LogP) is 2.35. The fourth-order valence-electron chi connectivity index (χ4n) is 1.90. The van der Waals surface area contributed by atoms with Gasteiger partial charge >= 0.3 is 0 Å². The molecule has 11 heteroatoms. The van der Waals surface area contributed by atoms with Crippen molar-refractivity contribution in [2.75, 3.05) is 24.7 Å². The van der Waals surface area contributed by atoms with Gasteiger partial charge in [-0.25, -0.2) is 22.2 Å². The summed E-state index contributed by atoms with van der Waals surface area (Å²) in [6.07, 6.45) is 1.64. The molecule has 8 nitrogen and oxygen atoms in total. The summed E-state index contributed by atoms with van der Waals surface area (Å²) in [6, 6.07) is 4.11. The maximum atomic E-state index is 13.2. The minimum absolute atomic E-state index is 0.0240. The van der Waals surface area contributed by atoms with Crippen molar-refractivity contribution >= 4 is 38.8 Å². The second kappa shape index (κ2) is 8.37. The number of hydrogen-bond acceptors (Lipinski definition) is 7. The van der Waals surface area contributed by atoms with Crippen molar-refractivity contribution in [2.24, 2.45) is 4.99 Å². The molecule has 0 aliphatic carbocycles. The quantitative estimate of drug-likeness (QED) is 0.529. The summed E-state index contributed by atoms with van der Waals surface area (Å²) in [7, 11) is -3.20. The highest BCUT2D eigenvalue weighted by molar-refractivity contribution is 7.88. The third-order valence-electron chi connectivity index (χ3n) is 3.04. The first kappa shape index (κ1) is 19.3. The maximum Gasteiger partial charge on any atom is 0.208 e. The molecule has 2 rings (SSSR count). The van der Waals surface area contributed by atoms with Crippen LogP contribution in [-0.2, 0) is 10.0 Å². The first-order valence-electron chi connectivity index (χ1n) is 7.28. The second-order valence-corrected chi connectivity index (χ2v) is 7.44. The van der Waals surface area contributed by atoms with Gasteiger partial charge in [0.05, 0.1) is 22.7 Å². The molecule has 0 aliphatic heterocycles. The van der Waals surface area contributed by atoms with Crippen LogP contribution in [0.3, 0.4) is 0 Å². The normalized spacial score (nSPS) is 12.4. The van der Waals surface area contributed by atoms with Crippen LogP contribution in [0.2, 0.25) is 5.02 Å². The average Bonchev–Trinajstić information content (AvgIpc) is 2.98. The zero-order valence-corrected chi connectivity index (χ0v) is 15.2. The summed E-state index contributed by atoms with van der Waals surface area (Å²) in [5.41, 5.74) is 1.37. The Balaban J connectivity index is 1.99. The molecule has 0 saturated carbocycles. The monoisotopic (exact) mass is 389 g/mol. The van der Waals surface area contributed by atoms with Crippen LogP contribution in [0.15, 0.2) is 27.8 Å². The van der Waals surface area contributed by atoms with Crippen LogP contribution in [0.25, 0.3) is 0 Å². The van der Waals surface area contributed by atoms with E-state index in [0.29, 0.717) is 42.4 Å². The number of sulfonamides is 1. The molecule has 25 heavy (non-hydrogen) atoms. The van der Waals surface area contributed by atoms with Gasteiger partial charge in [-0.15, -0.1) is 0 Å². The van der Waals surface area contributed by atoms with Crippen molar-refractivity contribution in [1.29, 1.82) is 0 Å². The average molecular weight is 390 g/mol. The van der Waals surface area contributed by atoms with Gasteiger partial charge in [-0.05, 0) is 41.9 Å². The summed E-state index contributed by atoms with van der Waals surface area (Å²) in [5.74, 6) is -0.139. The van der Waals surface area contributed by atoms with E-state index < -0.39 is 15.8 Å². The lowest BCUT2D eigenvalue weighted by Gasteiger charge is -2.05. The zero-order chi connectivity index (χ0) is 18.4. The molecule has 2 aromatic rings. The summed E-state index contributed by atoms with van der Waals surface area (Å²) in [5, 5.41) is 10.5. The van der Waals surface area contributed by atoms with Gasteiger partial charge < -0.3 is 5.32 Å². The molecule has 0 unspecified atom stereocenters. The molecule has 0 spiro atoms. The van der Waals surface area contributed by atoms with E-state index in [0.717, 1.165) is 6.26 Å². The van der Waals surface area contributed by atoms with Crippen LogP contribution in [0.4, 0.5) is 15.9 Å². The first-order valence-corrected chi connectivity index (χ1v) is 9.55. The van der Waals surface area contributed by atoms with E-state index in [4.69, 9.17) is 16.2 Å². The topological polar surface area (TPSA) is 109 Å². The third kappa shape index (κ3) is 6.07. The summed E-state index contributed by atoms with van der Waals surface area (Å²) in [6.45, 7) is 2.46. The maximum absolute atomic E-state index is 13.2. The highest BCUT2D eigenvalue weighted by Crippen LogP contribution is 2.23. The fourth-order valence-corrected chi connectivity index (χ4v) is 2.59. The molecule has 0 fully saturated rings. The minimum Gasteiger partial charge on any atom is -0.365 e. The highest BCUT2D eigenvalue weighted by atomic mass is 35.5. The van der Waals surface area contributed by atoms with E-state index in [9.17, 15) is 12.8 Å². The molecule has 2 N–H and O–H groups in total. The molecule has 1 aromatic carbocycles. The Morgan fingerprint density at radius 2 is 2.12 bits per heavy atom. The van der Waals surface area contributed by atoms with Crippen molar-refractivity contribution in [1.82, 2.24) is 15.0 Å². The Morgan fingerprint density at radius 1 is 1.36 bits per heavy atom. The van der Waals surface area contributed by atoms with E-state index in [1.807, 2.05) is 0 Å². The second-order valence-electron chi connectivity index (χ2n) is 5.20. The number of aliphatic imine (C=N–C) groups is 1. The van der Waals surface area contributed by atoms with E-state index in [2.05, 4.69) is 25.3 Å². The molecule has 1 heterocycles. The van der Waals surface area contributed by atoms with Crippen molar-refractivity contribution in [3.63, 3.8) is 0 Å². The number of benzene rings is 1. The van der Waals surface area contributed by atoms with E-state index in [-0.39, 0.29) is 5.02 Å². The molecule has 0 bridgehead atoms. The summed E-state index contributed by atoms with van der Waals surface area (Å²) in [4.78, 5) is 4.31. The van der Waals surface area contributed by atoms with Gasteiger partial charge in [0.1, 0.15) is 5.82 Å². The highest BCUT2D eigenvalue weighted by Gasteiger charge is 2.13. The van der Waals surface area contributed by atoms with E-state index in [1.165, 1.54) is 18.2 Å². The third-order valence-corrected chi connectivity index (χ3v) is 4.06. The van der Waals surface area contributed by atoms with Gasteiger partial charge in [0.25, 0.3) is 0 Å². The Labute approximate surface area is 149 Å². The van der Waals surface area contributed by atoms with Crippen LogP contribution < -0.4 is 10.0 Å². The van der Waals surface area contributed by atoms with E-state index >= 15 is 0 Å². The smallest absolute Gasteiger partial charge is 0.208 e. The van der Waals surface area contributed by atoms with Crippen molar-refractivity contribution in [3.05, 3.63) is 34.7 Å². The van der Waals surface area contributed by atoms with Crippen LogP contribution >= 0.6 is 11.6 Å². The van der Waals surface area contributed by atoms with Crippen molar-refractivity contribution in [2.45, 2.75) is 13.3 Å². The van der Waals surface area contributed by atoms with Gasteiger partial charge in [-0.1, -0.05) is 11.6 Å². The van der Waals surface area contributed by atoms with Gasteiger partial charge in [0, 0.05) is 13.1 Å². The molecule has 136 valence electrons. The number of anilines is 1. The fraction of sp³-hybridized carbons (Fsp3) is 0.357. The molecule has 0 atom stereocenters. The Morgan fingerprint density at radius 3 is 2.80 bits per heavy atom. The summed E-state index contributed by atoms with van der Waals surface area (Å²) < 4.78 is 42.2. The molecular formula is C14H17ClFN5O3S. The number of aromatic nitrogens is 2. The van der Waals surface area contributed by atoms with Gasteiger partial charge in [0.2, 0.25) is 10.0 Å².